The summed E-state index contributed by atoms with van der Waals surface area (Å²) in [5.41, 5.74) is 0. The highest BCUT2D eigenvalue weighted by Crippen LogP contribution is 2.21. The molecule has 1 amide bonds. The lowest BCUT2D eigenvalue weighted by Crippen LogP contribution is -2.41. The fourth-order valence-corrected chi connectivity index (χ4v) is 4.72. The predicted octanol–water partition coefficient (Wildman–Crippen LogP) is 7.97. The summed E-state index contributed by atoms with van der Waals surface area (Å²) in [4.78, 5) is 26.8. The van der Waals surface area contributed by atoms with Crippen molar-refractivity contribution in [2.24, 2.45) is 0 Å². The van der Waals surface area contributed by atoms with Crippen molar-refractivity contribution < 1.29 is 14.3 Å². The van der Waals surface area contributed by atoms with Crippen molar-refractivity contribution in [2.45, 2.75) is 155 Å². The highest BCUT2D eigenvalue weighted by atomic mass is 16.5. The van der Waals surface area contributed by atoms with Crippen molar-refractivity contribution >= 4 is 11.9 Å². The largest absolute Gasteiger partial charge is 0.464 e. The van der Waals surface area contributed by atoms with Crippen LogP contribution in [0.1, 0.15) is 149 Å². The smallest absolute Gasteiger partial charge is 0.328 e. The van der Waals surface area contributed by atoms with Gasteiger partial charge in [0.15, 0.2) is 0 Å². The van der Waals surface area contributed by atoms with Gasteiger partial charge in [0.25, 0.3) is 0 Å². The zero-order chi connectivity index (χ0) is 23.3. The minimum absolute atomic E-state index is 0.149. The summed E-state index contributed by atoms with van der Waals surface area (Å²) in [5, 5.41) is 0. The van der Waals surface area contributed by atoms with Crippen LogP contribution in [0.25, 0.3) is 0 Å². The van der Waals surface area contributed by atoms with Crippen LogP contribution in [0.15, 0.2) is 0 Å². The Morgan fingerprint density at radius 3 is 1.69 bits per heavy atom. The zero-order valence-electron chi connectivity index (χ0n) is 21.5. The summed E-state index contributed by atoms with van der Waals surface area (Å²) in [6.07, 6.45) is 25.0. The Balaban J connectivity index is 2.01. The average molecular weight is 452 g/mol. The number of hydrogen-bond acceptors (Lipinski definition) is 3. The van der Waals surface area contributed by atoms with Crippen LogP contribution in [0.3, 0.4) is 0 Å². The summed E-state index contributed by atoms with van der Waals surface area (Å²) < 4.78 is 5.48. The molecule has 1 atom stereocenters. The average Bonchev–Trinajstić information content (AvgIpc) is 3.29. The maximum atomic E-state index is 12.6. The molecule has 0 aromatic rings. The molecule has 0 aromatic carbocycles. The van der Waals surface area contributed by atoms with Crippen LogP contribution >= 0.6 is 0 Å². The fraction of sp³-hybridized carbons (Fsp3) is 0.929. The second-order valence-electron chi connectivity index (χ2n) is 9.82. The highest BCUT2D eigenvalue weighted by Gasteiger charge is 2.34. The third kappa shape index (κ3) is 14.2. The standard InChI is InChI=1S/C28H53NO3/c1-3-5-7-9-10-11-12-13-14-15-16-17-19-23-27(30)29-24-21-22-26(29)28(31)32-25-20-18-8-6-4-2/h26H,3-25H2,1-2H3. The van der Waals surface area contributed by atoms with Gasteiger partial charge in [0.2, 0.25) is 5.91 Å². The first kappa shape index (κ1) is 29.0. The van der Waals surface area contributed by atoms with Crippen LogP contribution in [0.2, 0.25) is 0 Å². The Labute approximate surface area is 199 Å². The molecule has 1 aliphatic heterocycles. The van der Waals surface area contributed by atoms with Crippen molar-refractivity contribution in [3.8, 4) is 0 Å². The van der Waals surface area contributed by atoms with Gasteiger partial charge in [0.1, 0.15) is 6.04 Å². The summed E-state index contributed by atoms with van der Waals surface area (Å²) in [6.45, 7) is 5.68. The van der Waals surface area contributed by atoms with Crippen LogP contribution in [0.5, 0.6) is 0 Å². The lowest BCUT2D eigenvalue weighted by atomic mass is 10.0. The summed E-state index contributed by atoms with van der Waals surface area (Å²) >= 11 is 0. The van der Waals surface area contributed by atoms with Gasteiger partial charge in [-0.25, -0.2) is 4.79 Å². The second kappa shape index (κ2) is 20.5. The lowest BCUT2D eigenvalue weighted by molar-refractivity contribution is -0.153. The maximum Gasteiger partial charge on any atom is 0.328 e. The van der Waals surface area contributed by atoms with Gasteiger partial charge in [-0.1, -0.05) is 117 Å². The molecule has 1 aliphatic rings. The Morgan fingerprint density at radius 1 is 0.688 bits per heavy atom. The molecule has 0 radical (unpaired) electrons. The topological polar surface area (TPSA) is 46.6 Å². The molecule has 0 saturated carbocycles. The third-order valence-corrected chi connectivity index (χ3v) is 6.83. The molecule has 1 saturated heterocycles. The maximum absolute atomic E-state index is 12.6. The molecule has 0 aliphatic carbocycles. The van der Waals surface area contributed by atoms with Gasteiger partial charge in [-0.3, -0.25) is 4.79 Å². The Morgan fingerprint density at radius 2 is 1.16 bits per heavy atom. The second-order valence-corrected chi connectivity index (χ2v) is 9.82. The number of unbranched alkanes of at least 4 members (excludes halogenated alkanes) is 16. The normalized spacial score (nSPS) is 15.9. The van der Waals surface area contributed by atoms with E-state index in [4.69, 9.17) is 4.74 Å². The first-order chi connectivity index (χ1) is 15.7. The number of rotatable bonds is 21. The Kier molecular flexibility index (Phi) is 18.6. The van der Waals surface area contributed by atoms with Crippen molar-refractivity contribution in [1.29, 1.82) is 0 Å². The molecule has 0 bridgehead atoms. The van der Waals surface area contributed by atoms with Gasteiger partial charge in [0.05, 0.1) is 6.61 Å². The SMILES string of the molecule is CCCCCCCCCCCCCCCC(=O)N1CCCC1C(=O)OCCCCCCC. The van der Waals surface area contributed by atoms with E-state index < -0.39 is 0 Å². The molecule has 1 fully saturated rings. The number of amides is 1. The van der Waals surface area contributed by atoms with E-state index in [1.165, 1.54) is 89.9 Å². The molecule has 4 nitrogen and oxygen atoms in total. The highest BCUT2D eigenvalue weighted by molar-refractivity contribution is 5.85. The van der Waals surface area contributed by atoms with E-state index in [1.54, 1.807) is 4.90 Å². The summed E-state index contributed by atoms with van der Waals surface area (Å²) in [5.74, 6) is -0.0350. The molecule has 1 unspecified atom stereocenters. The van der Waals surface area contributed by atoms with Crippen molar-refractivity contribution in [1.82, 2.24) is 4.90 Å². The van der Waals surface area contributed by atoms with Crippen LogP contribution < -0.4 is 0 Å². The van der Waals surface area contributed by atoms with E-state index in [2.05, 4.69) is 13.8 Å². The predicted molar refractivity (Wildman–Crippen MR) is 135 cm³/mol. The molecule has 4 heteroatoms. The van der Waals surface area contributed by atoms with Crippen LogP contribution in [-0.4, -0.2) is 36.0 Å². The first-order valence-electron chi connectivity index (χ1n) is 14.2. The van der Waals surface area contributed by atoms with Crippen LogP contribution in [0.4, 0.5) is 0 Å². The van der Waals surface area contributed by atoms with E-state index in [9.17, 15) is 9.59 Å². The number of nitrogens with zero attached hydrogens (tertiary/aromatic N) is 1. The molecule has 0 N–H and O–H groups in total. The van der Waals surface area contributed by atoms with Crippen molar-refractivity contribution in [2.75, 3.05) is 13.2 Å². The van der Waals surface area contributed by atoms with Gasteiger partial charge < -0.3 is 9.64 Å². The lowest BCUT2D eigenvalue weighted by Gasteiger charge is -2.23. The molecule has 0 aromatic heterocycles. The fourth-order valence-electron chi connectivity index (χ4n) is 4.72. The minimum Gasteiger partial charge on any atom is -0.464 e. The first-order valence-corrected chi connectivity index (χ1v) is 14.2. The van der Waals surface area contributed by atoms with Crippen LogP contribution in [0, 0.1) is 0 Å². The minimum atomic E-state index is -0.333. The molecule has 1 heterocycles. The van der Waals surface area contributed by atoms with E-state index in [-0.39, 0.29) is 17.9 Å². The molecule has 188 valence electrons. The molecule has 32 heavy (non-hydrogen) atoms. The molecule has 1 rings (SSSR count). The third-order valence-electron chi connectivity index (χ3n) is 6.83. The van der Waals surface area contributed by atoms with Crippen LogP contribution in [-0.2, 0) is 14.3 Å². The zero-order valence-corrected chi connectivity index (χ0v) is 21.5. The molecular formula is C28H53NO3. The summed E-state index contributed by atoms with van der Waals surface area (Å²) in [7, 11) is 0. The van der Waals surface area contributed by atoms with Gasteiger partial charge in [-0.05, 0) is 25.7 Å². The number of likely N-dealkylation sites (tertiary alicyclic amines) is 1. The number of hydrogen-bond donors (Lipinski definition) is 0. The quantitative estimate of drug-likeness (QED) is 0.131. The van der Waals surface area contributed by atoms with E-state index >= 15 is 0 Å². The number of carbonyl (C=O) groups is 2. The number of carbonyl (C=O) groups excluding carboxylic acids is 2. The van der Waals surface area contributed by atoms with E-state index in [0.717, 1.165) is 38.5 Å². The number of ether oxygens (including phenoxy) is 1. The van der Waals surface area contributed by atoms with E-state index in [0.29, 0.717) is 19.6 Å². The number of esters is 1. The van der Waals surface area contributed by atoms with Crippen molar-refractivity contribution in [3.05, 3.63) is 0 Å². The molecule has 0 spiro atoms. The Bertz CT molecular complexity index is 466. The van der Waals surface area contributed by atoms with Gasteiger partial charge in [-0.2, -0.15) is 0 Å². The Hall–Kier alpha value is -1.06. The van der Waals surface area contributed by atoms with E-state index in [1.807, 2.05) is 0 Å². The summed E-state index contributed by atoms with van der Waals surface area (Å²) in [6, 6.07) is -0.333. The van der Waals surface area contributed by atoms with Crippen molar-refractivity contribution in [3.63, 3.8) is 0 Å². The van der Waals surface area contributed by atoms with Gasteiger partial charge in [-0.15, -0.1) is 0 Å². The van der Waals surface area contributed by atoms with Gasteiger partial charge in [0, 0.05) is 13.0 Å². The molecular weight excluding hydrogens is 398 g/mol. The monoisotopic (exact) mass is 451 g/mol. The van der Waals surface area contributed by atoms with Gasteiger partial charge >= 0.3 is 5.97 Å².